The molecule has 0 amide bonds. The number of hydrogen-bond acceptors (Lipinski definition) is 2. The molecular weight excluding hydrogens is 364 g/mol. The predicted molar refractivity (Wildman–Crippen MR) is 133 cm³/mol. The van der Waals surface area contributed by atoms with Crippen molar-refractivity contribution >= 4 is 5.57 Å². The standard InChI is InChI=1S/C28H40N2/c1-19(2)11-12-21(5)28-23(7)16-30(24(28)8)17-26-14-13-25(15-22(26)6)27(20(3)4)18-29(9)10/h13-15,18-19H,3,5,8,11-12,16-17H2,1-2,4,6-7,9-10H3/b27-18+. The Bertz CT molecular complexity index is 893. The van der Waals surface area contributed by atoms with Crippen LogP contribution in [0.25, 0.3) is 5.57 Å². The highest BCUT2D eigenvalue weighted by atomic mass is 15.2. The first kappa shape index (κ1) is 23.8. The Morgan fingerprint density at radius 2 is 1.87 bits per heavy atom. The number of aryl methyl sites for hydroxylation is 1. The highest BCUT2D eigenvalue weighted by molar-refractivity contribution is 5.78. The van der Waals surface area contributed by atoms with Gasteiger partial charge in [0.05, 0.1) is 0 Å². The minimum atomic E-state index is 0.695. The molecule has 1 aromatic rings. The fraction of sp³-hybridized carbons (Fsp3) is 0.429. The average Bonchev–Trinajstić information content (AvgIpc) is 2.92. The van der Waals surface area contributed by atoms with Gasteiger partial charge in [0.15, 0.2) is 0 Å². The molecule has 0 radical (unpaired) electrons. The predicted octanol–water partition coefficient (Wildman–Crippen LogP) is 7.11. The lowest BCUT2D eigenvalue weighted by molar-refractivity contribution is 0.393. The Labute approximate surface area is 185 Å². The molecular formula is C28H40N2. The van der Waals surface area contributed by atoms with E-state index in [1.54, 1.807) is 0 Å². The van der Waals surface area contributed by atoms with E-state index in [2.05, 4.69) is 88.6 Å². The van der Waals surface area contributed by atoms with E-state index in [0.717, 1.165) is 30.8 Å². The van der Waals surface area contributed by atoms with Crippen LogP contribution in [-0.4, -0.2) is 30.4 Å². The summed E-state index contributed by atoms with van der Waals surface area (Å²) in [6.07, 6.45) is 4.36. The summed E-state index contributed by atoms with van der Waals surface area (Å²) in [4.78, 5) is 4.46. The number of hydrogen-bond donors (Lipinski definition) is 0. The first-order valence-corrected chi connectivity index (χ1v) is 11.0. The second-order valence-electron chi connectivity index (χ2n) is 9.42. The highest BCUT2D eigenvalue weighted by Gasteiger charge is 2.25. The van der Waals surface area contributed by atoms with E-state index in [-0.39, 0.29) is 0 Å². The molecule has 162 valence electrons. The molecule has 1 heterocycles. The zero-order chi connectivity index (χ0) is 22.6. The minimum Gasteiger partial charge on any atom is -0.383 e. The van der Waals surface area contributed by atoms with Crippen molar-refractivity contribution in [2.75, 3.05) is 20.6 Å². The molecule has 2 nitrogen and oxygen atoms in total. The Morgan fingerprint density at radius 3 is 2.40 bits per heavy atom. The van der Waals surface area contributed by atoms with Crippen molar-refractivity contribution in [1.82, 2.24) is 9.80 Å². The Morgan fingerprint density at radius 1 is 1.20 bits per heavy atom. The van der Waals surface area contributed by atoms with Crippen molar-refractivity contribution in [1.29, 1.82) is 0 Å². The Hall–Kier alpha value is -2.48. The van der Waals surface area contributed by atoms with Gasteiger partial charge in [0.1, 0.15) is 0 Å². The number of nitrogens with zero attached hydrogens (tertiary/aromatic N) is 2. The van der Waals surface area contributed by atoms with Gasteiger partial charge in [-0.15, -0.1) is 0 Å². The lowest BCUT2D eigenvalue weighted by Crippen LogP contribution is -2.19. The molecule has 30 heavy (non-hydrogen) atoms. The van der Waals surface area contributed by atoms with Crippen molar-refractivity contribution in [3.8, 4) is 0 Å². The van der Waals surface area contributed by atoms with Gasteiger partial charge in [-0.2, -0.15) is 0 Å². The van der Waals surface area contributed by atoms with E-state index in [0.29, 0.717) is 5.92 Å². The van der Waals surface area contributed by atoms with Gasteiger partial charge in [0.2, 0.25) is 0 Å². The summed E-state index contributed by atoms with van der Waals surface area (Å²) in [5.41, 5.74) is 11.2. The van der Waals surface area contributed by atoms with Gasteiger partial charge in [0.25, 0.3) is 0 Å². The molecule has 0 aromatic heterocycles. The van der Waals surface area contributed by atoms with Crippen LogP contribution in [0.5, 0.6) is 0 Å². The third-order valence-electron chi connectivity index (χ3n) is 5.76. The molecule has 2 rings (SSSR count). The zero-order valence-corrected chi connectivity index (χ0v) is 20.2. The van der Waals surface area contributed by atoms with E-state index >= 15 is 0 Å². The van der Waals surface area contributed by atoms with Crippen molar-refractivity contribution in [2.24, 2.45) is 5.92 Å². The van der Waals surface area contributed by atoms with E-state index in [1.165, 1.54) is 45.4 Å². The first-order valence-electron chi connectivity index (χ1n) is 11.0. The van der Waals surface area contributed by atoms with Crippen LogP contribution in [-0.2, 0) is 6.54 Å². The summed E-state index contributed by atoms with van der Waals surface area (Å²) < 4.78 is 0. The van der Waals surface area contributed by atoms with Crippen molar-refractivity contribution in [3.05, 3.63) is 88.8 Å². The Balaban J connectivity index is 2.17. The molecule has 0 spiro atoms. The monoisotopic (exact) mass is 404 g/mol. The second kappa shape index (κ2) is 10.0. The van der Waals surface area contributed by atoms with Gasteiger partial charge in [-0.05, 0) is 78.5 Å². The molecule has 0 aliphatic carbocycles. The smallest absolute Gasteiger partial charge is 0.0435 e. The topological polar surface area (TPSA) is 6.48 Å². The SMILES string of the molecule is C=C(CCC(C)C)C1=C(C)CN(Cc2ccc(/C(=C/N(C)C)C(=C)C)cc2C)C1=C. The summed E-state index contributed by atoms with van der Waals surface area (Å²) in [7, 11) is 4.09. The molecule has 0 N–H and O–H groups in total. The van der Waals surface area contributed by atoms with Crippen molar-refractivity contribution in [3.63, 3.8) is 0 Å². The number of rotatable bonds is 9. The van der Waals surface area contributed by atoms with Crippen LogP contribution in [0.3, 0.4) is 0 Å². The number of benzene rings is 1. The van der Waals surface area contributed by atoms with Gasteiger partial charge >= 0.3 is 0 Å². The maximum Gasteiger partial charge on any atom is 0.0435 e. The van der Waals surface area contributed by atoms with Crippen LogP contribution in [0.4, 0.5) is 0 Å². The third kappa shape index (κ3) is 5.78. The first-order chi connectivity index (χ1) is 14.0. The molecule has 0 atom stereocenters. The third-order valence-corrected chi connectivity index (χ3v) is 5.76. The van der Waals surface area contributed by atoms with Crippen molar-refractivity contribution < 1.29 is 0 Å². The summed E-state index contributed by atoms with van der Waals surface area (Å²) in [5.74, 6) is 0.695. The maximum atomic E-state index is 4.42. The summed E-state index contributed by atoms with van der Waals surface area (Å²) in [6, 6.07) is 6.75. The molecule has 0 saturated heterocycles. The minimum absolute atomic E-state index is 0.695. The van der Waals surface area contributed by atoms with Crippen LogP contribution < -0.4 is 0 Å². The van der Waals surface area contributed by atoms with Crippen LogP contribution >= 0.6 is 0 Å². The highest BCUT2D eigenvalue weighted by Crippen LogP contribution is 2.35. The van der Waals surface area contributed by atoms with Gasteiger partial charge in [-0.1, -0.05) is 51.8 Å². The normalized spacial score (nSPS) is 14.7. The second-order valence-corrected chi connectivity index (χ2v) is 9.42. The van der Waals surface area contributed by atoms with E-state index in [4.69, 9.17) is 0 Å². The molecule has 1 aromatic carbocycles. The van der Waals surface area contributed by atoms with E-state index < -0.39 is 0 Å². The van der Waals surface area contributed by atoms with E-state index in [1.807, 2.05) is 14.1 Å². The van der Waals surface area contributed by atoms with Crippen LogP contribution in [0, 0.1) is 12.8 Å². The quantitative estimate of drug-likeness (QED) is 0.405. The molecule has 2 heteroatoms. The van der Waals surface area contributed by atoms with Crippen LogP contribution in [0.2, 0.25) is 0 Å². The average molecular weight is 405 g/mol. The molecule has 0 fully saturated rings. The fourth-order valence-corrected chi connectivity index (χ4v) is 4.05. The molecule has 0 saturated carbocycles. The zero-order valence-electron chi connectivity index (χ0n) is 20.2. The molecule has 1 aliphatic rings. The molecule has 0 bridgehead atoms. The maximum absolute atomic E-state index is 4.42. The van der Waals surface area contributed by atoms with Gasteiger partial charge < -0.3 is 9.80 Å². The summed E-state index contributed by atoms with van der Waals surface area (Å²) >= 11 is 0. The molecule has 0 unspecified atom stereocenters. The fourth-order valence-electron chi connectivity index (χ4n) is 4.05. The summed E-state index contributed by atoms with van der Waals surface area (Å²) in [5, 5.41) is 0. The lowest BCUT2D eigenvalue weighted by atomic mass is 9.95. The number of allylic oxidation sites excluding steroid dienone is 3. The largest absolute Gasteiger partial charge is 0.383 e. The van der Waals surface area contributed by atoms with Gasteiger partial charge in [0, 0.05) is 44.7 Å². The van der Waals surface area contributed by atoms with Crippen molar-refractivity contribution in [2.45, 2.75) is 54.0 Å². The Kier molecular flexibility index (Phi) is 7.95. The van der Waals surface area contributed by atoms with Gasteiger partial charge in [-0.25, -0.2) is 0 Å². The lowest BCUT2D eigenvalue weighted by Gasteiger charge is -2.23. The molecule has 1 aliphatic heterocycles. The van der Waals surface area contributed by atoms with Gasteiger partial charge in [-0.3, -0.25) is 0 Å². The summed E-state index contributed by atoms with van der Waals surface area (Å²) in [6.45, 7) is 25.8. The van der Waals surface area contributed by atoms with Crippen LogP contribution in [0.1, 0.15) is 57.2 Å². The van der Waals surface area contributed by atoms with Crippen LogP contribution in [0.15, 0.2) is 72.1 Å². The van der Waals surface area contributed by atoms with E-state index in [9.17, 15) is 0 Å².